The van der Waals surface area contributed by atoms with Crippen molar-refractivity contribution in [1.29, 1.82) is 0 Å². The SMILES string of the molecule is CC(O)c1ccc(Sc2nc(N)cc(=O)[nH]2)cn1. The van der Waals surface area contributed by atoms with Crippen LogP contribution in [0.2, 0.25) is 0 Å². The quantitative estimate of drug-likeness (QED) is 0.713. The molecule has 1 unspecified atom stereocenters. The Bertz CT molecular complexity index is 595. The topological polar surface area (TPSA) is 105 Å². The van der Waals surface area contributed by atoms with Gasteiger partial charge in [0.05, 0.1) is 11.8 Å². The highest BCUT2D eigenvalue weighted by atomic mass is 32.2. The van der Waals surface area contributed by atoms with Crippen LogP contribution in [0.15, 0.2) is 39.2 Å². The predicted octanol–water partition coefficient (Wildman–Crippen LogP) is 0.952. The molecule has 0 spiro atoms. The first-order valence-electron chi connectivity index (χ1n) is 5.23. The van der Waals surface area contributed by atoms with Gasteiger partial charge in [-0.05, 0) is 19.1 Å². The van der Waals surface area contributed by atoms with Crippen molar-refractivity contribution < 1.29 is 5.11 Å². The molecule has 1 atom stereocenters. The molecule has 0 bridgehead atoms. The monoisotopic (exact) mass is 264 g/mol. The molecular weight excluding hydrogens is 252 g/mol. The largest absolute Gasteiger partial charge is 0.387 e. The fourth-order valence-electron chi connectivity index (χ4n) is 1.31. The van der Waals surface area contributed by atoms with Crippen LogP contribution in [0.1, 0.15) is 18.7 Å². The maximum absolute atomic E-state index is 11.2. The average molecular weight is 264 g/mol. The third-order valence-electron chi connectivity index (χ3n) is 2.14. The van der Waals surface area contributed by atoms with Crippen molar-refractivity contribution >= 4 is 17.6 Å². The van der Waals surface area contributed by atoms with Crippen LogP contribution in [-0.4, -0.2) is 20.1 Å². The molecule has 0 radical (unpaired) electrons. The standard InChI is InChI=1S/C11H12N4O2S/c1-6(16)8-3-2-7(5-13-8)18-11-14-9(12)4-10(17)15-11/h2-6,16H,1H3,(H3,12,14,15,17). The molecular formula is C11H12N4O2S. The number of aromatic nitrogens is 3. The van der Waals surface area contributed by atoms with Gasteiger partial charge in [-0.3, -0.25) is 9.78 Å². The molecule has 0 saturated heterocycles. The minimum Gasteiger partial charge on any atom is -0.387 e. The van der Waals surface area contributed by atoms with Crippen LogP contribution in [0.4, 0.5) is 5.82 Å². The number of aliphatic hydroxyl groups is 1. The lowest BCUT2D eigenvalue weighted by molar-refractivity contribution is 0.194. The maximum Gasteiger partial charge on any atom is 0.253 e. The number of aliphatic hydroxyl groups excluding tert-OH is 1. The van der Waals surface area contributed by atoms with E-state index in [1.165, 1.54) is 17.8 Å². The fourth-order valence-corrected chi connectivity index (χ4v) is 2.08. The summed E-state index contributed by atoms with van der Waals surface area (Å²) in [6, 6.07) is 4.74. The Morgan fingerprint density at radius 3 is 2.83 bits per heavy atom. The Morgan fingerprint density at radius 2 is 2.28 bits per heavy atom. The van der Waals surface area contributed by atoms with E-state index in [1.807, 2.05) is 0 Å². The molecule has 2 heterocycles. The molecule has 0 aliphatic rings. The van der Waals surface area contributed by atoms with Crippen LogP contribution in [0.25, 0.3) is 0 Å². The molecule has 2 aromatic rings. The molecule has 0 fully saturated rings. The first-order valence-corrected chi connectivity index (χ1v) is 6.05. The number of hydrogen-bond donors (Lipinski definition) is 3. The minimum absolute atomic E-state index is 0.176. The van der Waals surface area contributed by atoms with Gasteiger partial charge in [-0.25, -0.2) is 4.98 Å². The fraction of sp³-hybridized carbons (Fsp3) is 0.182. The molecule has 0 aliphatic carbocycles. The van der Waals surface area contributed by atoms with Gasteiger partial charge in [0.25, 0.3) is 5.56 Å². The van der Waals surface area contributed by atoms with Gasteiger partial charge in [0.15, 0.2) is 5.16 Å². The number of nitrogens with zero attached hydrogens (tertiary/aromatic N) is 2. The van der Waals surface area contributed by atoms with E-state index in [4.69, 9.17) is 5.73 Å². The van der Waals surface area contributed by atoms with Gasteiger partial charge in [-0.15, -0.1) is 0 Å². The lowest BCUT2D eigenvalue weighted by atomic mass is 10.2. The van der Waals surface area contributed by atoms with Gasteiger partial charge >= 0.3 is 0 Å². The van der Waals surface area contributed by atoms with Crippen molar-refractivity contribution in [3.63, 3.8) is 0 Å². The highest BCUT2D eigenvalue weighted by molar-refractivity contribution is 7.99. The van der Waals surface area contributed by atoms with Gasteiger partial charge in [-0.1, -0.05) is 11.8 Å². The zero-order valence-electron chi connectivity index (χ0n) is 9.62. The van der Waals surface area contributed by atoms with Crippen LogP contribution in [0, 0.1) is 0 Å². The maximum atomic E-state index is 11.2. The summed E-state index contributed by atoms with van der Waals surface area (Å²) in [5, 5.41) is 9.74. The summed E-state index contributed by atoms with van der Waals surface area (Å²) < 4.78 is 0. The molecule has 6 nitrogen and oxygen atoms in total. The summed E-state index contributed by atoms with van der Waals surface area (Å²) in [5.41, 5.74) is 5.78. The molecule has 94 valence electrons. The first kappa shape index (κ1) is 12.6. The number of rotatable bonds is 3. The molecule has 18 heavy (non-hydrogen) atoms. The third kappa shape index (κ3) is 3.08. The van der Waals surface area contributed by atoms with Crippen LogP contribution >= 0.6 is 11.8 Å². The van der Waals surface area contributed by atoms with E-state index in [9.17, 15) is 9.90 Å². The van der Waals surface area contributed by atoms with Crippen molar-refractivity contribution in [3.05, 3.63) is 40.4 Å². The lowest BCUT2D eigenvalue weighted by Crippen LogP contribution is -2.09. The van der Waals surface area contributed by atoms with Crippen molar-refractivity contribution in [2.24, 2.45) is 0 Å². The van der Waals surface area contributed by atoms with Gasteiger partial charge in [-0.2, -0.15) is 0 Å². The number of pyridine rings is 1. The van der Waals surface area contributed by atoms with E-state index in [0.29, 0.717) is 10.9 Å². The molecule has 0 aromatic carbocycles. The molecule has 2 aromatic heterocycles. The highest BCUT2D eigenvalue weighted by Gasteiger charge is 2.05. The van der Waals surface area contributed by atoms with E-state index in [1.54, 1.807) is 25.3 Å². The summed E-state index contributed by atoms with van der Waals surface area (Å²) in [6.07, 6.45) is 1.00. The van der Waals surface area contributed by atoms with E-state index in [2.05, 4.69) is 15.0 Å². The Balaban J connectivity index is 2.20. The number of H-pyrrole nitrogens is 1. The summed E-state index contributed by atoms with van der Waals surface area (Å²) in [6.45, 7) is 1.64. The van der Waals surface area contributed by atoms with Crippen LogP contribution < -0.4 is 11.3 Å². The number of anilines is 1. The number of hydrogen-bond acceptors (Lipinski definition) is 6. The molecule has 0 saturated carbocycles. The lowest BCUT2D eigenvalue weighted by Gasteiger charge is -2.04. The Kier molecular flexibility index (Phi) is 3.63. The Hall–Kier alpha value is -1.86. The van der Waals surface area contributed by atoms with Crippen molar-refractivity contribution in [3.8, 4) is 0 Å². The third-order valence-corrected chi connectivity index (χ3v) is 3.01. The number of nitrogens with one attached hydrogen (secondary N) is 1. The van der Waals surface area contributed by atoms with Crippen LogP contribution in [0.3, 0.4) is 0 Å². The van der Waals surface area contributed by atoms with Crippen LogP contribution in [0.5, 0.6) is 0 Å². The molecule has 7 heteroatoms. The predicted molar refractivity (Wildman–Crippen MR) is 68.3 cm³/mol. The van der Waals surface area contributed by atoms with Gasteiger partial charge in [0.1, 0.15) is 5.82 Å². The highest BCUT2D eigenvalue weighted by Crippen LogP contribution is 2.24. The summed E-state index contributed by atoms with van der Waals surface area (Å²) in [4.78, 5) is 22.7. The van der Waals surface area contributed by atoms with Crippen molar-refractivity contribution in [2.45, 2.75) is 23.1 Å². The molecule has 2 rings (SSSR count). The summed E-state index contributed by atoms with van der Waals surface area (Å²) >= 11 is 1.25. The zero-order valence-corrected chi connectivity index (χ0v) is 10.4. The van der Waals surface area contributed by atoms with E-state index < -0.39 is 6.10 Å². The van der Waals surface area contributed by atoms with Gasteiger partial charge in [0.2, 0.25) is 0 Å². The number of aromatic amines is 1. The Labute approximate surface area is 107 Å². The second-order valence-corrected chi connectivity index (χ2v) is 4.73. The summed E-state index contributed by atoms with van der Waals surface area (Å²) in [5.74, 6) is 0.176. The van der Waals surface area contributed by atoms with E-state index in [0.717, 1.165) is 4.90 Å². The average Bonchev–Trinajstić information content (AvgIpc) is 2.28. The second-order valence-electron chi connectivity index (χ2n) is 3.67. The number of nitrogens with two attached hydrogens (primary N) is 1. The Morgan fingerprint density at radius 1 is 1.50 bits per heavy atom. The van der Waals surface area contributed by atoms with Gasteiger partial charge < -0.3 is 15.8 Å². The normalized spacial score (nSPS) is 12.3. The van der Waals surface area contributed by atoms with Crippen molar-refractivity contribution in [1.82, 2.24) is 15.0 Å². The molecule has 0 aliphatic heterocycles. The second kappa shape index (κ2) is 5.19. The van der Waals surface area contributed by atoms with E-state index >= 15 is 0 Å². The van der Waals surface area contributed by atoms with Crippen molar-refractivity contribution in [2.75, 3.05) is 5.73 Å². The van der Waals surface area contributed by atoms with Crippen LogP contribution in [-0.2, 0) is 0 Å². The first-order chi connectivity index (χ1) is 8.54. The smallest absolute Gasteiger partial charge is 0.253 e. The van der Waals surface area contributed by atoms with Gasteiger partial charge in [0, 0.05) is 17.2 Å². The minimum atomic E-state index is -0.602. The molecule has 4 N–H and O–H groups in total. The number of nitrogen functional groups attached to an aromatic ring is 1. The summed E-state index contributed by atoms with van der Waals surface area (Å²) in [7, 11) is 0. The molecule has 0 amide bonds. The van der Waals surface area contributed by atoms with E-state index in [-0.39, 0.29) is 11.4 Å². The zero-order chi connectivity index (χ0) is 13.1.